The van der Waals surface area contributed by atoms with Gasteiger partial charge in [-0.15, -0.1) is 0 Å². The van der Waals surface area contributed by atoms with Crippen molar-refractivity contribution in [3.63, 3.8) is 0 Å². The third kappa shape index (κ3) is 4.66. The second-order valence-electron chi connectivity index (χ2n) is 4.36. The fourth-order valence-electron chi connectivity index (χ4n) is 1.58. The highest BCUT2D eigenvalue weighted by molar-refractivity contribution is 5.36. The van der Waals surface area contributed by atoms with Gasteiger partial charge in [0.15, 0.2) is 0 Å². The summed E-state index contributed by atoms with van der Waals surface area (Å²) in [4.78, 5) is 13.1. The van der Waals surface area contributed by atoms with Crippen LogP contribution in [-0.2, 0) is 6.54 Å². The van der Waals surface area contributed by atoms with Crippen LogP contribution in [0, 0.1) is 0 Å². The summed E-state index contributed by atoms with van der Waals surface area (Å²) in [6.07, 6.45) is 4.63. The van der Waals surface area contributed by atoms with Crippen LogP contribution in [0.3, 0.4) is 0 Å². The summed E-state index contributed by atoms with van der Waals surface area (Å²) in [5, 5.41) is 0. The highest BCUT2D eigenvalue weighted by Crippen LogP contribution is 2.10. The fraction of sp³-hybridized carbons (Fsp3) is 0.667. The van der Waals surface area contributed by atoms with Crippen LogP contribution < -0.4 is 10.6 Å². The molecule has 5 heteroatoms. The van der Waals surface area contributed by atoms with E-state index in [1.165, 1.54) is 0 Å². The molecule has 0 amide bonds. The first-order valence-corrected chi connectivity index (χ1v) is 6.08. The van der Waals surface area contributed by atoms with E-state index in [0.717, 1.165) is 37.6 Å². The molecule has 0 spiro atoms. The van der Waals surface area contributed by atoms with Crippen molar-refractivity contribution < 1.29 is 0 Å². The molecule has 0 aliphatic rings. The van der Waals surface area contributed by atoms with Crippen LogP contribution in [0.4, 0.5) is 5.82 Å². The molecule has 0 atom stereocenters. The monoisotopic (exact) mass is 237 g/mol. The predicted molar refractivity (Wildman–Crippen MR) is 71.0 cm³/mol. The topological polar surface area (TPSA) is 58.3 Å². The molecule has 0 radical (unpaired) electrons. The number of hydrogen-bond acceptors (Lipinski definition) is 5. The Morgan fingerprint density at radius 1 is 1.18 bits per heavy atom. The summed E-state index contributed by atoms with van der Waals surface area (Å²) in [6, 6.07) is 0. The third-order valence-corrected chi connectivity index (χ3v) is 2.52. The number of nitrogens with two attached hydrogens (primary N) is 1. The lowest BCUT2D eigenvalue weighted by atomic mass is 10.3. The van der Waals surface area contributed by atoms with Gasteiger partial charge in [0.05, 0.1) is 11.9 Å². The minimum Gasteiger partial charge on any atom is -0.354 e. The average Bonchev–Trinajstić information content (AvgIpc) is 2.34. The maximum Gasteiger partial charge on any atom is 0.147 e. The van der Waals surface area contributed by atoms with Gasteiger partial charge in [-0.2, -0.15) is 0 Å². The van der Waals surface area contributed by atoms with E-state index in [4.69, 9.17) is 5.73 Å². The number of hydrogen-bond donors (Lipinski definition) is 1. The van der Waals surface area contributed by atoms with Crippen LogP contribution in [0.2, 0.25) is 0 Å². The number of nitrogens with zero attached hydrogens (tertiary/aromatic N) is 4. The molecule has 0 saturated carbocycles. The van der Waals surface area contributed by atoms with E-state index in [0.29, 0.717) is 6.54 Å². The lowest BCUT2D eigenvalue weighted by Gasteiger charge is -2.24. The Morgan fingerprint density at radius 3 is 2.53 bits per heavy atom. The fourth-order valence-corrected chi connectivity index (χ4v) is 1.58. The molecule has 0 aliphatic heterocycles. The third-order valence-electron chi connectivity index (χ3n) is 2.52. The van der Waals surface area contributed by atoms with E-state index in [1.54, 1.807) is 6.20 Å². The molecule has 0 aliphatic carbocycles. The molecule has 2 N–H and O–H groups in total. The van der Waals surface area contributed by atoms with E-state index >= 15 is 0 Å². The first kappa shape index (κ1) is 13.9. The van der Waals surface area contributed by atoms with Crippen LogP contribution in [0.25, 0.3) is 0 Å². The highest BCUT2D eigenvalue weighted by Gasteiger charge is 2.08. The molecule has 17 heavy (non-hydrogen) atoms. The van der Waals surface area contributed by atoms with Crippen LogP contribution in [0.15, 0.2) is 12.4 Å². The summed E-state index contributed by atoms with van der Waals surface area (Å²) >= 11 is 0. The molecule has 0 fully saturated rings. The summed E-state index contributed by atoms with van der Waals surface area (Å²) in [5.41, 5.74) is 6.43. The maximum absolute atomic E-state index is 5.59. The maximum atomic E-state index is 5.59. The van der Waals surface area contributed by atoms with Gasteiger partial charge in [0.2, 0.25) is 0 Å². The Morgan fingerprint density at radius 2 is 1.94 bits per heavy atom. The van der Waals surface area contributed by atoms with Crippen molar-refractivity contribution in [2.75, 3.05) is 38.6 Å². The smallest absolute Gasteiger partial charge is 0.147 e. The van der Waals surface area contributed by atoms with Crippen LogP contribution in [-0.4, -0.2) is 48.6 Å². The summed E-state index contributed by atoms with van der Waals surface area (Å²) < 4.78 is 0. The zero-order valence-corrected chi connectivity index (χ0v) is 11.1. The molecular formula is C12H23N5. The number of anilines is 1. The minimum absolute atomic E-state index is 0.439. The summed E-state index contributed by atoms with van der Waals surface area (Å²) in [6.45, 7) is 5.58. The SMILES string of the molecule is CCCN(CCN(C)C)c1cncc(CN)n1. The van der Waals surface area contributed by atoms with Gasteiger partial charge in [-0.05, 0) is 20.5 Å². The Labute approximate surface area is 104 Å². The van der Waals surface area contributed by atoms with Gasteiger partial charge in [-0.3, -0.25) is 4.98 Å². The molecular weight excluding hydrogens is 214 g/mol. The van der Waals surface area contributed by atoms with E-state index in [1.807, 2.05) is 6.20 Å². The average molecular weight is 237 g/mol. The van der Waals surface area contributed by atoms with Gasteiger partial charge in [0, 0.05) is 32.4 Å². The highest BCUT2D eigenvalue weighted by atomic mass is 15.2. The molecule has 1 aromatic heterocycles. The van der Waals surface area contributed by atoms with Crippen LogP contribution in [0.1, 0.15) is 19.0 Å². The van der Waals surface area contributed by atoms with E-state index in [2.05, 4.69) is 40.8 Å². The molecule has 5 nitrogen and oxygen atoms in total. The molecule has 1 rings (SSSR count). The zero-order chi connectivity index (χ0) is 12.7. The van der Waals surface area contributed by atoms with Crippen molar-refractivity contribution in [3.8, 4) is 0 Å². The molecule has 1 aromatic rings. The van der Waals surface area contributed by atoms with Crippen molar-refractivity contribution in [2.45, 2.75) is 19.9 Å². The van der Waals surface area contributed by atoms with Crippen molar-refractivity contribution in [2.24, 2.45) is 5.73 Å². The largest absolute Gasteiger partial charge is 0.354 e. The second-order valence-corrected chi connectivity index (χ2v) is 4.36. The quantitative estimate of drug-likeness (QED) is 0.757. The molecule has 1 heterocycles. The molecule has 0 unspecified atom stereocenters. The van der Waals surface area contributed by atoms with Gasteiger partial charge < -0.3 is 15.5 Å². The van der Waals surface area contributed by atoms with Crippen LogP contribution >= 0.6 is 0 Å². The van der Waals surface area contributed by atoms with Crippen molar-refractivity contribution in [1.82, 2.24) is 14.9 Å². The first-order chi connectivity index (χ1) is 8.17. The lowest BCUT2D eigenvalue weighted by Crippen LogP contribution is -2.33. The number of aromatic nitrogens is 2. The van der Waals surface area contributed by atoms with Crippen molar-refractivity contribution in [1.29, 1.82) is 0 Å². The normalized spacial score (nSPS) is 10.9. The van der Waals surface area contributed by atoms with Gasteiger partial charge in [-0.25, -0.2) is 4.98 Å². The van der Waals surface area contributed by atoms with Gasteiger partial charge in [0.25, 0.3) is 0 Å². The van der Waals surface area contributed by atoms with Crippen molar-refractivity contribution >= 4 is 5.82 Å². The van der Waals surface area contributed by atoms with E-state index < -0.39 is 0 Å². The van der Waals surface area contributed by atoms with Crippen LogP contribution in [0.5, 0.6) is 0 Å². The summed E-state index contributed by atoms with van der Waals surface area (Å²) in [5.74, 6) is 0.927. The minimum atomic E-state index is 0.439. The van der Waals surface area contributed by atoms with Gasteiger partial charge in [0.1, 0.15) is 5.82 Å². The lowest BCUT2D eigenvalue weighted by molar-refractivity contribution is 0.412. The van der Waals surface area contributed by atoms with Gasteiger partial charge in [-0.1, -0.05) is 6.92 Å². The molecule has 0 saturated heterocycles. The first-order valence-electron chi connectivity index (χ1n) is 6.08. The van der Waals surface area contributed by atoms with Gasteiger partial charge >= 0.3 is 0 Å². The Bertz CT molecular complexity index is 326. The number of rotatable bonds is 7. The Balaban J connectivity index is 2.73. The zero-order valence-electron chi connectivity index (χ0n) is 11.1. The standard InChI is InChI=1S/C12H23N5/c1-4-5-17(7-6-16(2)3)12-10-14-9-11(8-13)15-12/h9-10H,4-8,13H2,1-3H3. The Kier molecular flexibility index (Phi) is 5.86. The number of likely N-dealkylation sites (N-methyl/N-ethyl adjacent to an activating group) is 1. The predicted octanol–water partition coefficient (Wildman–Crippen LogP) is 0.713. The molecule has 0 bridgehead atoms. The van der Waals surface area contributed by atoms with Crippen molar-refractivity contribution in [3.05, 3.63) is 18.1 Å². The van der Waals surface area contributed by atoms with E-state index in [-0.39, 0.29) is 0 Å². The molecule has 0 aromatic carbocycles. The van der Waals surface area contributed by atoms with E-state index in [9.17, 15) is 0 Å². The molecule has 96 valence electrons. The second kappa shape index (κ2) is 7.19. The Hall–Kier alpha value is -1.20. The summed E-state index contributed by atoms with van der Waals surface area (Å²) in [7, 11) is 4.15.